The van der Waals surface area contributed by atoms with E-state index in [4.69, 9.17) is 0 Å². The fraction of sp³-hybridized carbons (Fsp3) is 0.690. The fourth-order valence-corrected chi connectivity index (χ4v) is 6.72. The summed E-state index contributed by atoms with van der Waals surface area (Å²) >= 11 is 0. The van der Waals surface area contributed by atoms with Crippen LogP contribution < -0.4 is 15.5 Å². The lowest BCUT2D eigenvalue weighted by Crippen LogP contribution is -2.50. The Hall–Kier alpha value is -2.61. The van der Waals surface area contributed by atoms with Gasteiger partial charge >= 0.3 is 0 Å². The molecule has 1 saturated carbocycles. The lowest BCUT2D eigenvalue weighted by atomic mass is 9.84. The number of nitrogens with one attached hydrogen (secondary N) is 2. The van der Waals surface area contributed by atoms with Crippen LogP contribution in [0, 0.1) is 24.7 Å². The topological polar surface area (TPSA) is 82.5 Å². The molecule has 1 aromatic carbocycles. The number of aromatic nitrogens is 2. The monoisotopic (exact) mass is 510 g/mol. The molecular formula is C29H46N6O2. The summed E-state index contributed by atoms with van der Waals surface area (Å²) in [7, 11) is 6.25. The van der Waals surface area contributed by atoms with Crippen molar-refractivity contribution < 1.29 is 9.59 Å². The van der Waals surface area contributed by atoms with Gasteiger partial charge in [0.2, 0.25) is 5.91 Å². The average molecular weight is 511 g/mol. The molecule has 0 radical (unpaired) electrons. The Kier molecular flexibility index (Phi) is 8.46. The third-order valence-electron chi connectivity index (χ3n) is 8.65. The molecule has 0 spiro atoms. The van der Waals surface area contributed by atoms with Crippen molar-refractivity contribution in [2.75, 3.05) is 38.6 Å². The van der Waals surface area contributed by atoms with Crippen molar-refractivity contribution in [3.8, 4) is 0 Å². The van der Waals surface area contributed by atoms with Gasteiger partial charge in [-0.15, -0.1) is 0 Å². The summed E-state index contributed by atoms with van der Waals surface area (Å²) in [5, 5.41) is 11.8. The summed E-state index contributed by atoms with van der Waals surface area (Å²) in [5.41, 5.74) is 3.75. The molecule has 1 saturated heterocycles. The second kappa shape index (κ2) is 11.4. The van der Waals surface area contributed by atoms with Crippen molar-refractivity contribution in [3.05, 3.63) is 23.4 Å². The smallest absolute Gasteiger partial charge is 0.251 e. The number of amides is 2. The van der Waals surface area contributed by atoms with E-state index in [0.29, 0.717) is 18.2 Å². The van der Waals surface area contributed by atoms with E-state index in [2.05, 4.69) is 60.4 Å². The average Bonchev–Trinajstić information content (AvgIpc) is 3.20. The quantitative estimate of drug-likeness (QED) is 0.566. The molecule has 2 amide bonds. The Morgan fingerprint density at radius 2 is 1.92 bits per heavy atom. The number of nitrogens with zero attached hydrogens (tertiary/aromatic N) is 4. The first-order valence-electron chi connectivity index (χ1n) is 14.1. The molecule has 37 heavy (non-hydrogen) atoms. The zero-order valence-electron chi connectivity index (χ0n) is 23.8. The minimum absolute atomic E-state index is 0.0353. The zero-order valence-corrected chi connectivity index (χ0v) is 23.8. The molecule has 2 aliphatic rings. The number of anilines is 1. The van der Waals surface area contributed by atoms with Gasteiger partial charge in [-0.3, -0.25) is 14.3 Å². The molecule has 2 N–H and O–H groups in total. The molecule has 1 aliphatic carbocycles. The molecule has 2 heterocycles. The number of piperidine rings is 1. The molecular weight excluding hydrogens is 464 g/mol. The summed E-state index contributed by atoms with van der Waals surface area (Å²) in [6.45, 7) is 10.8. The zero-order chi connectivity index (χ0) is 26.9. The van der Waals surface area contributed by atoms with Crippen LogP contribution in [0.15, 0.2) is 12.3 Å². The highest BCUT2D eigenvalue weighted by Crippen LogP contribution is 2.38. The number of carbonyl (C=O) groups is 2. The Morgan fingerprint density at radius 3 is 2.54 bits per heavy atom. The van der Waals surface area contributed by atoms with E-state index >= 15 is 0 Å². The standard InChI is InChI=1S/C29H46N6O2/c1-8-35(22-11-9-21(10-12-22)17-33(5)6)27-20(4)23(14-26-25(27)16-31-34(26)7)28(36)30-15-24-18(2)13-19(3)32-29(24)37/h14,16,18-19,21-22,24H,8-13,15,17H2,1-7H3,(H,30,36)(H,32,37). The van der Waals surface area contributed by atoms with Crippen molar-refractivity contribution in [1.82, 2.24) is 25.3 Å². The predicted octanol–water partition coefficient (Wildman–Crippen LogP) is 3.72. The van der Waals surface area contributed by atoms with Crippen LogP contribution in [0.3, 0.4) is 0 Å². The number of fused-ring (bicyclic) bond motifs is 1. The van der Waals surface area contributed by atoms with Crippen molar-refractivity contribution in [2.45, 2.75) is 71.9 Å². The molecule has 8 nitrogen and oxygen atoms in total. The molecule has 2 aromatic rings. The third kappa shape index (κ3) is 5.79. The largest absolute Gasteiger partial charge is 0.368 e. The van der Waals surface area contributed by atoms with Crippen LogP contribution in [0.25, 0.3) is 10.9 Å². The maximum atomic E-state index is 13.6. The van der Waals surface area contributed by atoms with Gasteiger partial charge in [0.25, 0.3) is 5.91 Å². The van der Waals surface area contributed by atoms with Crippen molar-refractivity contribution in [1.29, 1.82) is 0 Å². The molecule has 0 bridgehead atoms. The highest BCUT2D eigenvalue weighted by molar-refractivity contribution is 6.05. The minimum Gasteiger partial charge on any atom is -0.368 e. The number of rotatable bonds is 8. The Morgan fingerprint density at radius 1 is 1.22 bits per heavy atom. The fourth-order valence-electron chi connectivity index (χ4n) is 6.72. The first-order chi connectivity index (χ1) is 17.6. The summed E-state index contributed by atoms with van der Waals surface area (Å²) in [5.74, 6) is 0.701. The van der Waals surface area contributed by atoms with Crippen molar-refractivity contribution >= 4 is 28.4 Å². The molecule has 1 aromatic heterocycles. The number of aryl methyl sites for hydroxylation is 1. The third-order valence-corrected chi connectivity index (χ3v) is 8.65. The van der Waals surface area contributed by atoms with Gasteiger partial charge in [-0.2, -0.15) is 5.10 Å². The van der Waals surface area contributed by atoms with E-state index in [1.165, 1.54) is 12.8 Å². The van der Waals surface area contributed by atoms with E-state index < -0.39 is 0 Å². The van der Waals surface area contributed by atoms with Gasteiger partial charge in [0.1, 0.15) is 0 Å². The molecule has 8 heteroatoms. The second-order valence-corrected chi connectivity index (χ2v) is 11.8. The van der Waals surface area contributed by atoms with Crippen LogP contribution in [0.2, 0.25) is 0 Å². The summed E-state index contributed by atoms with van der Waals surface area (Å²) < 4.78 is 1.86. The van der Waals surface area contributed by atoms with Crippen LogP contribution in [-0.2, 0) is 11.8 Å². The van der Waals surface area contributed by atoms with Gasteiger partial charge in [0.05, 0.1) is 23.3 Å². The Labute approximate surface area is 222 Å². The van der Waals surface area contributed by atoms with E-state index in [1.807, 2.05) is 30.9 Å². The maximum absolute atomic E-state index is 13.6. The van der Waals surface area contributed by atoms with E-state index in [-0.39, 0.29) is 29.7 Å². The number of hydrogen-bond donors (Lipinski definition) is 2. The Balaban J connectivity index is 1.59. The molecule has 2 fully saturated rings. The number of carbonyl (C=O) groups excluding carboxylic acids is 2. The highest BCUT2D eigenvalue weighted by atomic mass is 16.2. The van der Waals surface area contributed by atoms with E-state index in [1.54, 1.807) is 0 Å². The SMILES string of the molecule is CCN(c1c(C)c(C(=O)NCC2C(=O)NC(C)CC2C)cc2c1cnn2C)C1CCC(CN(C)C)CC1. The highest BCUT2D eigenvalue weighted by Gasteiger charge is 2.33. The van der Waals surface area contributed by atoms with Crippen molar-refractivity contribution in [2.24, 2.45) is 24.8 Å². The van der Waals surface area contributed by atoms with Gasteiger partial charge in [-0.25, -0.2) is 0 Å². The van der Waals surface area contributed by atoms with Crippen LogP contribution >= 0.6 is 0 Å². The molecule has 1 aliphatic heterocycles. The van der Waals surface area contributed by atoms with Crippen LogP contribution in [0.4, 0.5) is 5.69 Å². The Bertz CT molecular complexity index is 1120. The van der Waals surface area contributed by atoms with Crippen molar-refractivity contribution in [3.63, 3.8) is 0 Å². The second-order valence-electron chi connectivity index (χ2n) is 11.8. The normalized spacial score (nSPS) is 26.4. The van der Waals surface area contributed by atoms with Crippen LogP contribution in [0.5, 0.6) is 0 Å². The molecule has 4 rings (SSSR count). The van der Waals surface area contributed by atoms with E-state index in [9.17, 15) is 9.59 Å². The molecule has 3 unspecified atom stereocenters. The number of hydrogen-bond acceptors (Lipinski definition) is 5. The maximum Gasteiger partial charge on any atom is 0.251 e. The van der Waals surface area contributed by atoms with Gasteiger partial charge < -0.3 is 20.4 Å². The van der Waals surface area contributed by atoms with Gasteiger partial charge in [0, 0.05) is 49.7 Å². The minimum atomic E-state index is -0.204. The van der Waals surface area contributed by atoms with Gasteiger partial charge in [0.15, 0.2) is 0 Å². The van der Waals surface area contributed by atoms with Gasteiger partial charge in [-0.05, 0) is 90.4 Å². The van der Waals surface area contributed by atoms with Crippen LogP contribution in [0.1, 0.15) is 68.8 Å². The first kappa shape index (κ1) is 27.4. The lowest BCUT2D eigenvalue weighted by Gasteiger charge is -2.39. The first-order valence-corrected chi connectivity index (χ1v) is 14.1. The summed E-state index contributed by atoms with van der Waals surface area (Å²) in [6, 6.07) is 2.60. The molecule has 204 valence electrons. The predicted molar refractivity (Wildman–Crippen MR) is 150 cm³/mol. The summed E-state index contributed by atoms with van der Waals surface area (Å²) in [6.07, 6.45) is 7.66. The lowest BCUT2D eigenvalue weighted by molar-refractivity contribution is -0.129. The van der Waals surface area contributed by atoms with Gasteiger partial charge in [-0.1, -0.05) is 6.92 Å². The van der Waals surface area contributed by atoms with E-state index in [0.717, 1.165) is 60.4 Å². The summed E-state index contributed by atoms with van der Waals surface area (Å²) in [4.78, 5) is 30.9. The molecule has 3 atom stereocenters. The number of benzene rings is 1. The van der Waals surface area contributed by atoms with Crippen LogP contribution in [-0.4, -0.2) is 72.3 Å².